The van der Waals surface area contributed by atoms with E-state index in [9.17, 15) is 0 Å². The zero-order valence-corrected chi connectivity index (χ0v) is 27.8. The number of benzene rings is 6. The van der Waals surface area contributed by atoms with E-state index >= 15 is 0 Å². The van der Waals surface area contributed by atoms with Crippen LogP contribution in [-0.2, 0) is 24.7 Å². The van der Waals surface area contributed by atoms with Gasteiger partial charge in [0.15, 0.2) is 0 Å². The molecule has 0 saturated carbocycles. The predicted octanol–water partition coefficient (Wildman–Crippen LogP) is 2.07. The standard InChI is InChI=1S/C41H27.2ClH.Zr/c1-4-12-28(13-5-1)31-20-22-35-33(26-31)21-23-37(35)41-38(25-24-36-34-19-11-10-18-32(34)27-39(36)41)40(29-14-6-2-7-15-29)30-16-8-3-9-17-30;;;/h1-26,37H;2*1H;/q;;;+2/p-2. The van der Waals surface area contributed by atoms with Gasteiger partial charge < -0.3 is 24.8 Å². The van der Waals surface area contributed by atoms with E-state index in [1.165, 1.54) is 99.0 Å². The van der Waals surface area contributed by atoms with Crippen molar-refractivity contribution in [3.8, 4) is 11.1 Å². The van der Waals surface area contributed by atoms with Crippen molar-refractivity contribution in [1.82, 2.24) is 0 Å². The molecular formula is C41H27Cl2Zr. The third-order valence-electron chi connectivity index (χ3n) is 8.68. The van der Waals surface area contributed by atoms with Crippen LogP contribution in [0.4, 0.5) is 0 Å². The van der Waals surface area contributed by atoms with Crippen LogP contribution >= 0.6 is 0 Å². The van der Waals surface area contributed by atoms with Gasteiger partial charge in [-0.05, 0) is 0 Å². The molecule has 2 aliphatic carbocycles. The van der Waals surface area contributed by atoms with Crippen molar-refractivity contribution in [2.75, 3.05) is 0 Å². The summed E-state index contributed by atoms with van der Waals surface area (Å²) in [5.74, 6) is 0.169. The Hall–Kier alpha value is -3.74. The van der Waals surface area contributed by atoms with Crippen LogP contribution in [-0.4, -0.2) is 0 Å². The van der Waals surface area contributed by atoms with Crippen molar-refractivity contribution in [2.45, 2.75) is 5.92 Å². The normalized spacial score (nSPS) is 13.8. The Bertz CT molecular complexity index is 2200. The van der Waals surface area contributed by atoms with Gasteiger partial charge in [0.25, 0.3) is 0 Å². The van der Waals surface area contributed by atoms with Gasteiger partial charge in [0.1, 0.15) is 0 Å². The molecule has 0 amide bonds. The minimum absolute atomic E-state index is 0. The molecule has 0 N–H and O–H groups in total. The number of halogens is 2. The summed E-state index contributed by atoms with van der Waals surface area (Å²) >= 11 is 1.45. The molecule has 6 aromatic carbocycles. The first-order chi connectivity index (χ1) is 20.8. The zero-order valence-electron chi connectivity index (χ0n) is 23.8. The molecule has 1 unspecified atom stereocenters. The Balaban J connectivity index is 0.00000171. The maximum atomic E-state index is 2.43. The van der Waals surface area contributed by atoms with Crippen LogP contribution in [0.3, 0.4) is 0 Å². The molecule has 209 valence electrons. The monoisotopic (exact) mass is 679 g/mol. The number of rotatable bonds is 4. The molecule has 0 aliphatic heterocycles. The van der Waals surface area contributed by atoms with E-state index < -0.39 is 0 Å². The van der Waals surface area contributed by atoms with Crippen LogP contribution in [0.25, 0.3) is 26.1 Å². The SMILES string of the molecule is [Cl-].[Cl-].[Zr+2][C]1=c2ccccc2=c2ccc(=C(c3ccccc3)c3ccccc3)c(C3C=Cc4cc(-c5ccccc5)ccc43)c21. The maximum absolute atomic E-state index is 2.43. The molecule has 3 heteroatoms. The topological polar surface area (TPSA) is 0 Å². The van der Waals surface area contributed by atoms with Gasteiger partial charge in [-0.25, -0.2) is 0 Å². The molecule has 2 aliphatic rings. The van der Waals surface area contributed by atoms with Crippen LogP contribution in [0.2, 0.25) is 0 Å². The second kappa shape index (κ2) is 12.7. The summed E-state index contributed by atoms with van der Waals surface area (Å²) in [5, 5.41) is 5.41. The Morgan fingerprint density at radius 3 is 1.77 bits per heavy atom. The van der Waals surface area contributed by atoms with Gasteiger partial charge >= 0.3 is 263 Å². The molecule has 0 spiro atoms. The van der Waals surface area contributed by atoms with Gasteiger partial charge in [-0.15, -0.1) is 0 Å². The van der Waals surface area contributed by atoms with Crippen LogP contribution in [0, 0.1) is 10.4 Å². The third-order valence-corrected chi connectivity index (χ3v) is 9.96. The molecule has 0 aromatic heterocycles. The Kier molecular flexibility index (Phi) is 8.75. The first-order valence-corrected chi connectivity index (χ1v) is 15.7. The number of fused-ring (bicyclic) bond motifs is 3. The van der Waals surface area contributed by atoms with Gasteiger partial charge in [0.05, 0.1) is 0 Å². The Labute approximate surface area is 285 Å². The molecule has 44 heavy (non-hydrogen) atoms. The fraction of sp³-hybridized carbons (Fsp3) is 0.0244. The average Bonchev–Trinajstić information content (AvgIpc) is 3.61. The molecule has 0 bridgehead atoms. The number of allylic oxidation sites excluding steroid dienone is 1. The summed E-state index contributed by atoms with van der Waals surface area (Å²) in [4.78, 5) is 0. The van der Waals surface area contributed by atoms with Crippen molar-refractivity contribution in [3.63, 3.8) is 0 Å². The summed E-state index contributed by atoms with van der Waals surface area (Å²) in [6, 6.07) is 53.2. The fourth-order valence-corrected chi connectivity index (χ4v) is 7.98. The van der Waals surface area contributed by atoms with Crippen LogP contribution < -0.4 is 35.3 Å². The van der Waals surface area contributed by atoms with Gasteiger partial charge in [0.2, 0.25) is 0 Å². The van der Waals surface area contributed by atoms with E-state index in [0.717, 1.165) is 0 Å². The Morgan fingerprint density at radius 1 is 0.523 bits per heavy atom. The van der Waals surface area contributed by atoms with E-state index in [1.807, 2.05) is 0 Å². The first-order valence-electron chi connectivity index (χ1n) is 14.5. The van der Waals surface area contributed by atoms with Crippen molar-refractivity contribution in [2.24, 2.45) is 0 Å². The van der Waals surface area contributed by atoms with Crippen LogP contribution in [0.1, 0.15) is 39.3 Å². The van der Waals surface area contributed by atoms with E-state index in [0.29, 0.717) is 0 Å². The third kappa shape index (κ3) is 5.08. The van der Waals surface area contributed by atoms with Crippen molar-refractivity contribution in [1.29, 1.82) is 0 Å². The second-order valence-corrected chi connectivity index (χ2v) is 12.3. The van der Waals surface area contributed by atoms with Gasteiger partial charge in [-0.2, -0.15) is 0 Å². The molecule has 0 radical (unpaired) electrons. The quantitative estimate of drug-likeness (QED) is 0.268. The summed E-state index contributed by atoms with van der Waals surface area (Å²) in [6.07, 6.45) is 4.77. The van der Waals surface area contributed by atoms with Crippen molar-refractivity contribution in [3.05, 3.63) is 206 Å². The minimum atomic E-state index is 0. The molecule has 1 atom stereocenters. The van der Waals surface area contributed by atoms with E-state index in [2.05, 4.69) is 158 Å². The van der Waals surface area contributed by atoms with E-state index in [4.69, 9.17) is 0 Å². The van der Waals surface area contributed by atoms with Gasteiger partial charge in [-0.3, -0.25) is 0 Å². The number of hydrogen-bond acceptors (Lipinski definition) is 0. The molecule has 0 nitrogen and oxygen atoms in total. The first kappa shape index (κ1) is 30.3. The van der Waals surface area contributed by atoms with E-state index in [-0.39, 0.29) is 30.7 Å². The Morgan fingerprint density at radius 2 is 1.11 bits per heavy atom. The van der Waals surface area contributed by atoms with E-state index in [1.54, 1.807) is 0 Å². The molecular weight excluding hydrogens is 655 g/mol. The summed E-state index contributed by atoms with van der Waals surface area (Å²) in [5.41, 5.74) is 11.8. The van der Waals surface area contributed by atoms with Crippen molar-refractivity contribution >= 4 is 14.9 Å². The van der Waals surface area contributed by atoms with Gasteiger partial charge in [0, 0.05) is 0 Å². The molecule has 6 aromatic rings. The molecule has 0 saturated heterocycles. The molecule has 8 rings (SSSR count). The summed E-state index contributed by atoms with van der Waals surface area (Å²) in [6.45, 7) is 0. The van der Waals surface area contributed by atoms with Gasteiger partial charge in [-0.1, -0.05) is 0 Å². The van der Waals surface area contributed by atoms with Crippen molar-refractivity contribution < 1.29 is 49.5 Å². The second-order valence-electron chi connectivity index (χ2n) is 11.0. The van der Waals surface area contributed by atoms with Crippen LogP contribution in [0.5, 0.6) is 0 Å². The molecule has 0 heterocycles. The number of hydrogen-bond donors (Lipinski definition) is 0. The zero-order chi connectivity index (χ0) is 28.0. The summed E-state index contributed by atoms with van der Waals surface area (Å²) < 4.78 is 1.45. The molecule has 0 fully saturated rings. The average molecular weight is 682 g/mol. The fourth-order valence-electron chi connectivity index (χ4n) is 6.78. The summed E-state index contributed by atoms with van der Waals surface area (Å²) in [7, 11) is 0. The van der Waals surface area contributed by atoms with Crippen LogP contribution in [0.15, 0.2) is 152 Å². The predicted molar refractivity (Wildman–Crippen MR) is 170 cm³/mol.